The van der Waals surface area contributed by atoms with Crippen LogP contribution in [-0.2, 0) is 9.53 Å². The Hall–Kier alpha value is -2.62. The van der Waals surface area contributed by atoms with Crippen LogP contribution < -0.4 is 5.32 Å². The van der Waals surface area contributed by atoms with E-state index in [1.165, 1.54) is 11.3 Å². The number of anilines is 1. The Morgan fingerprint density at radius 3 is 2.96 bits per heavy atom. The summed E-state index contributed by atoms with van der Waals surface area (Å²) in [5.41, 5.74) is 1.77. The molecule has 27 heavy (non-hydrogen) atoms. The number of aromatic nitrogens is 3. The molecule has 1 atom stereocenters. The van der Waals surface area contributed by atoms with Crippen molar-refractivity contribution in [2.75, 3.05) is 31.6 Å². The molecule has 140 valence electrons. The van der Waals surface area contributed by atoms with Gasteiger partial charge in [-0.1, -0.05) is 35.5 Å². The lowest BCUT2D eigenvalue weighted by Crippen LogP contribution is -2.43. The van der Waals surface area contributed by atoms with Crippen LogP contribution >= 0.6 is 11.3 Å². The Balaban J connectivity index is 1.46. The summed E-state index contributed by atoms with van der Waals surface area (Å²) in [7, 11) is 0. The fourth-order valence-corrected chi connectivity index (χ4v) is 3.59. The Labute approximate surface area is 160 Å². The van der Waals surface area contributed by atoms with E-state index in [0.717, 1.165) is 11.3 Å². The van der Waals surface area contributed by atoms with E-state index in [9.17, 15) is 4.79 Å². The number of morpholine rings is 1. The van der Waals surface area contributed by atoms with Gasteiger partial charge in [-0.2, -0.15) is 4.98 Å². The number of carbonyl (C=O) groups is 1. The van der Waals surface area contributed by atoms with Gasteiger partial charge in [-0.25, -0.2) is 4.98 Å². The molecule has 9 heteroatoms. The van der Waals surface area contributed by atoms with E-state index in [1.54, 1.807) is 0 Å². The highest BCUT2D eigenvalue weighted by atomic mass is 32.1. The lowest BCUT2D eigenvalue weighted by atomic mass is 10.2. The number of nitrogens with one attached hydrogen (secondary N) is 1. The van der Waals surface area contributed by atoms with Crippen LogP contribution in [0.1, 0.15) is 17.6 Å². The molecular formula is C18H19N5O3S. The number of hydrogen-bond donors (Lipinski definition) is 1. The number of aryl methyl sites for hydroxylation is 1. The molecule has 3 heterocycles. The van der Waals surface area contributed by atoms with Crippen LogP contribution in [-0.4, -0.2) is 52.2 Å². The van der Waals surface area contributed by atoms with Gasteiger partial charge < -0.3 is 14.6 Å². The maximum Gasteiger partial charge on any atom is 0.246 e. The third kappa shape index (κ3) is 4.21. The molecule has 1 unspecified atom stereocenters. The predicted octanol–water partition coefficient (Wildman–Crippen LogP) is 2.51. The van der Waals surface area contributed by atoms with E-state index in [2.05, 4.69) is 20.4 Å². The van der Waals surface area contributed by atoms with Crippen LogP contribution in [0, 0.1) is 6.92 Å². The molecule has 8 nitrogen and oxygen atoms in total. The van der Waals surface area contributed by atoms with E-state index in [4.69, 9.17) is 9.26 Å². The first-order valence-corrected chi connectivity index (χ1v) is 9.50. The number of ether oxygens (including phenoxy) is 1. The van der Waals surface area contributed by atoms with Gasteiger partial charge >= 0.3 is 0 Å². The summed E-state index contributed by atoms with van der Waals surface area (Å²) < 4.78 is 11.0. The summed E-state index contributed by atoms with van der Waals surface area (Å²) in [4.78, 5) is 23.2. The molecule has 1 aromatic carbocycles. The second kappa shape index (κ2) is 7.95. The first kappa shape index (κ1) is 17.8. The molecule has 0 aliphatic carbocycles. The van der Waals surface area contributed by atoms with Crippen molar-refractivity contribution in [1.82, 2.24) is 20.0 Å². The van der Waals surface area contributed by atoms with Gasteiger partial charge in [-0.05, 0) is 6.92 Å². The quantitative estimate of drug-likeness (QED) is 0.721. The summed E-state index contributed by atoms with van der Waals surface area (Å²) in [6, 6.07) is 9.37. The first-order chi connectivity index (χ1) is 13.2. The molecule has 0 bridgehead atoms. The van der Waals surface area contributed by atoms with Gasteiger partial charge in [-0.15, -0.1) is 11.3 Å². The van der Waals surface area contributed by atoms with E-state index < -0.39 is 0 Å². The third-order valence-corrected chi connectivity index (χ3v) is 5.09. The molecule has 1 aliphatic rings. The minimum atomic E-state index is -0.257. The third-order valence-electron chi connectivity index (χ3n) is 4.21. The monoisotopic (exact) mass is 385 g/mol. The maximum atomic E-state index is 12.4. The van der Waals surface area contributed by atoms with Crippen LogP contribution in [0.3, 0.4) is 0 Å². The summed E-state index contributed by atoms with van der Waals surface area (Å²) in [6.07, 6.45) is 0. The SMILES string of the molecule is Cc1csc(NC(=O)CN2CCOCC2c2nc(-c3ccccc3)no2)n1. The number of thiazole rings is 1. The molecule has 1 amide bonds. The molecule has 1 saturated heterocycles. The second-order valence-electron chi connectivity index (χ2n) is 6.23. The Kier molecular flexibility index (Phi) is 5.23. The number of hydrogen-bond acceptors (Lipinski definition) is 8. The molecule has 1 N–H and O–H groups in total. The first-order valence-electron chi connectivity index (χ1n) is 8.62. The Morgan fingerprint density at radius 2 is 2.19 bits per heavy atom. The number of rotatable bonds is 5. The standard InChI is InChI=1S/C18H19N5O3S/c1-12-11-27-18(19-12)20-15(24)9-23-7-8-25-10-14(23)17-21-16(22-26-17)13-5-3-2-4-6-13/h2-6,11,14H,7-10H2,1H3,(H,19,20,24). The van der Waals surface area contributed by atoms with Crippen molar-refractivity contribution >= 4 is 22.4 Å². The molecule has 4 rings (SSSR count). The van der Waals surface area contributed by atoms with Crippen molar-refractivity contribution < 1.29 is 14.1 Å². The minimum Gasteiger partial charge on any atom is -0.378 e. The average molecular weight is 385 g/mol. The van der Waals surface area contributed by atoms with E-state index in [0.29, 0.717) is 36.6 Å². The summed E-state index contributed by atoms with van der Waals surface area (Å²) >= 11 is 1.41. The van der Waals surface area contributed by atoms with Gasteiger partial charge in [0.2, 0.25) is 17.6 Å². The minimum absolute atomic E-state index is 0.126. The lowest BCUT2D eigenvalue weighted by Gasteiger charge is -2.32. The van der Waals surface area contributed by atoms with Crippen molar-refractivity contribution in [2.24, 2.45) is 0 Å². The van der Waals surface area contributed by atoms with Gasteiger partial charge in [0.15, 0.2) is 5.13 Å². The highest BCUT2D eigenvalue weighted by molar-refractivity contribution is 7.13. The zero-order valence-electron chi connectivity index (χ0n) is 14.8. The number of nitrogens with zero attached hydrogens (tertiary/aromatic N) is 4. The van der Waals surface area contributed by atoms with Crippen LogP contribution in [0.15, 0.2) is 40.2 Å². The van der Waals surface area contributed by atoms with Crippen molar-refractivity contribution in [3.8, 4) is 11.4 Å². The molecule has 0 saturated carbocycles. The van der Waals surface area contributed by atoms with E-state index in [-0.39, 0.29) is 18.5 Å². The van der Waals surface area contributed by atoms with Crippen LogP contribution in [0.25, 0.3) is 11.4 Å². The van der Waals surface area contributed by atoms with Gasteiger partial charge in [0.25, 0.3) is 0 Å². The molecular weight excluding hydrogens is 366 g/mol. The topological polar surface area (TPSA) is 93.4 Å². The molecule has 0 radical (unpaired) electrons. The van der Waals surface area contributed by atoms with Gasteiger partial charge in [-0.3, -0.25) is 9.69 Å². The molecule has 2 aromatic heterocycles. The molecule has 1 fully saturated rings. The highest BCUT2D eigenvalue weighted by Gasteiger charge is 2.31. The number of benzene rings is 1. The second-order valence-corrected chi connectivity index (χ2v) is 7.08. The zero-order chi connectivity index (χ0) is 18.6. The van der Waals surface area contributed by atoms with Crippen molar-refractivity contribution in [1.29, 1.82) is 0 Å². The Morgan fingerprint density at radius 1 is 1.33 bits per heavy atom. The smallest absolute Gasteiger partial charge is 0.246 e. The van der Waals surface area contributed by atoms with Crippen LogP contribution in [0.4, 0.5) is 5.13 Å². The van der Waals surface area contributed by atoms with Crippen molar-refractivity contribution in [3.05, 3.63) is 47.3 Å². The van der Waals surface area contributed by atoms with Crippen LogP contribution in [0.2, 0.25) is 0 Å². The summed E-state index contributed by atoms with van der Waals surface area (Å²) in [6.45, 7) is 3.66. The van der Waals surface area contributed by atoms with Crippen LogP contribution in [0.5, 0.6) is 0 Å². The highest BCUT2D eigenvalue weighted by Crippen LogP contribution is 2.25. The fourth-order valence-electron chi connectivity index (χ4n) is 2.88. The van der Waals surface area contributed by atoms with Gasteiger partial charge in [0.05, 0.1) is 25.5 Å². The lowest BCUT2D eigenvalue weighted by molar-refractivity contribution is -0.120. The predicted molar refractivity (Wildman–Crippen MR) is 100 cm³/mol. The normalized spacial score (nSPS) is 17.7. The maximum absolute atomic E-state index is 12.4. The number of amides is 1. The number of carbonyl (C=O) groups excluding carboxylic acids is 1. The van der Waals surface area contributed by atoms with E-state index in [1.807, 2.05) is 47.5 Å². The zero-order valence-corrected chi connectivity index (χ0v) is 15.6. The molecule has 0 spiro atoms. The van der Waals surface area contributed by atoms with Crippen molar-refractivity contribution in [2.45, 2.75) is 13.0 Å². The summed E-state index contributed by atoms with van der Waals surface area (Å²) in [5.74, 6) is 0.851. The fraction of sp³-hybridized carbons (Fsp3) is 0.333. The molecule has 1 aliphatic heterocycles. The van der Waals surface area contributed by atoms with Gasteiger partial charge in [0.1, 0.15) is 6.04 Å². The largest absolute Gasteiger partial charge is 0.378 e. The van der Waals surface area contributed by atoms with Gasteiger partial charge in [0, 0.05) is 17.5 Å². The van der Waals surface area contributed by atoms with E-state index >= 15 is 0 Å². The average Bonchev–Trinajstić information content (AvgIpc) is 3.32. The Bertz CT molecular complexity index is 911. The van der Waals surface area contributed by atoms with Crippen molar-refractivity contribution in [3.63, 3.8) is 0 Å². The summed E-state index contributed by atoms with van der Waals surface area (Å²) in [5, 5.41) is 9.40. The molecule has 3 aromatic rings.